The summed E-state index contributed by atoms with van der Waals surface area (Å²) >= 11 is 1.78. The van der Waals surface area contributed by atoms with Gasteiger partial charge >= 0.3 is 5.16 Å². The van der Waals surface area contributed by atoms with Crippen LogP contribution in [0.3, 0.4) is 0 Å². The lowest BCUT2D eigenvalue weighted by Crippen LogP contribution is -2.34. The van der Waals surface area contributed by atoms with Crippen LogP contribution in [0, 0.1) is 0 Å². The van der Waals surface area contributed by atoms with Gasteiger partial charge in [-0.3, -0.25) is 0 Å². The van der Waals surface area contributed by atoms with E-state index in [0.717, 1.165) is 24.0 Å². The fourth-order valence-corrected chi connectivity index (χ4v) is 3.87. The van der Waals surface area contributed by atoms with Gasteiger partial charge in [0.2, 0.25) is 5.69 Å². The van der Waals surface area contributed by atoms with Crippen LogP contribution < -0.4 is 14.0 Å². The highest BCUT2D eigenvalue weighted by Crippen LogP contribution is 2.17. The fourth-order valence-electron chi connectivity index (χ4n) is 2.92. The second-order valence-corrected chi connectivity index (χ2v) is 7.68. The van der Waals surface area contributed by atoms with E-state index in [1.807, 2.05) is 25.5 Å². The molecule has 0 aliphatic carbocycles. The van der Waals surface area contributed by atoms with Crippen molar-refractivity contribution in [3.63, 3.8) is 0 Å². The number of rotatable bonds is 8. The number of benzene rings is 1. The minimum atomic E-state index is 0.969. The van der Waals surface area contributed by atoms with Gasteiger partial charge in [0, 0.05) is 49.3 Å². The predicted molar refractivity (Wildman–Crippen MR) is 117 cm³/mol. The Labute approximate surface area is 172 Å². The smallest absolute Gasteiger partial charge is 0.358 e. The predicted octanol–water partition coefficient (Wildman–Crippen LogP) is 3.61. The molecule has 0 saturated heterocycles. The van der Waals surface area contributed by atoms with E-state index in [9.17, 15) is 0 Å². The topological polar surface area (TPSA) is 23.9 Å². The Kier molecular flexibility index (Phi) is 7.20. The third kappa shape index (κ3) is 5.42. The zero-order valence-corrected chi connectivity index (χ0v) is 17.6. The van der Waals surface area contributed by atoms with Crippen LogP contribution in [0.1, 0.15) is 18.2 Å². The van der Waals surface area contributed by atoms with Crippen molar-refractivity contribution in [3.8, 4) is 0 Å². The zero-order valence-electron chi connectivity index (χ0n) is 16.8. The Hall–Kier alpha value is -2.66. The van der Waals surface area contributed by atoms with Crippen molar-refractivity contribution in [2.45, 2.75) is 18.6 Å². The minimum Gasteiger partial charge on any atom is -0.374 e. The lowest BCUT2D eigenvalue weighted by molar-refractivity contribution is -0.713. The van der Waals surface area contributed by atoms with Gasteiger partial charge in [-0.05, 0) is 53.5 Å². The number of aryl methyl sites for hydroxylation is 2. The third-order valence-corrected chi connectivity index (χ3v) is 5.68. The molecule has 0 unspecified atom stereocenters. The normalized spacial score (nSPS) is 11.1. The van der Waals surface area contributed by atoms with Crippen molar-refractivity contribution < 1.29 is 9.13 Å². The van der Waals surface area contributed by atoms with Gasteiger partial charge in [-0.15, -0.1) is 0 Å². The molecule has 0 radical (unpaired) electrons. The maximum atomic E-state index is 4.42. The van der Waals surface area contributed by atoms with Gasteiger partial charge in [-0.2, -0.15) is 4.57 Å². The summed E-state index contributed by atoms with van der Waals surface area (Å²) in [6.07, 6.45) is 10.3. The first-order chi connectivity index (χ1) is 13.7. The number of thioether (sulfide) groups is 1. The highest BCUT2D eigenvalue weighted by molar-refractivity contribution is 7.99. The molecule has 0 spiro atoms. The second kappa shape index (κ2) is 10.0. The van der Waals surface area contributed by atoms with Gasteiger partial charge in [0.05, 0.1) is 13.2 Å². The molecule has 0 N–H and O–H groups in total. The minimum absolute atomic E-state index is 0.969. The summed E-state index contributed by atoms with van der Waals surface area (Å²) < 4.78 is 4.29. The third-order valence-electron chi connectivity index (χ3n) is 4.64. The molecule has 5 heteroatoms. The second-order valence-electron chi connectivity index (χ2n) is 6.62. The van der Waals surface area contributed by atoms with E-state index >= 15 is 0 Å². The molecule has 0 aliphatic heterocycles. The van der Waals surface area contributed by atoms with Crippen molar-refractivity contribution in [1.82, 2.24) is 4.98 Å². The van der Waals surface area contributed by atoms with Crippen LogP contribution in [-0.2, 0) is 13.6 Å². The SMILES string of the molecule is CC[n+]1ccccc1/C=C/c1ccc(N(C)CCSc2nccc[n+]2C)cc1. The lowest BCUT2D eigenvalue weighted by atomic mass is 10.1. The molecule has 28 heavy (non-hydrogen) atoms. The average Bonchev–Trinajstić information content (AvgIpc) is 2.74. The Morgan fingerprint density at radius 2 is 1.86 bits per heavy atom. The fraction of sp³-hybridized carbons (Fsp3) is 0.261. The van der Waals surface area contributed by atoms with Crippen LogP contribution in [-0.4, -0.2) is 24.3 Å². The standard InChI is InChI=1S/C23H28N4S/c1-4-27-17-6-5-8-22(27)14-11-20-9-12-21(13-10-20)25(2)18-19-28-23-24-15-7-16-26(23)3/h5-17H,4,18-19H2,1-3H3/q+2. The Balaban J connectivity index is 1.56. The molecule has 0 atom stereocenters. The maximum Gasteiger partial charge on any atom is 0.358 e. The molecule has 2 aromatic heterocycles. The Bertz CT molecular complexity index is 922. The first-order valence-corrected chi connectivity index (χ1v) is 10.6. The van der Waals surface area contributed by atoms with E-state index in [0.29, 0.717) is 0 Å². The molecule has 4 nitrogen and oxygen atoms in total. The first-order valence-electron chi connectivity index (χ1n) is 9.58. The molecule has 3 aromatic rings. The Morgan fingerprint density at radius 3 is 2.61 bits per heavy atom. The molecule has 0 bridgehead atoms. The van der Waals surface area contributed by atoms with Crippen LogP contribution in [0.2, 0.25) is 0 Å². The summed E-state index contributed by atoms with van der Waals surface area (Å²) in [5.41, 5.74) is 3.65. The number of hydrogen-bond acceptors (Lipinski definition) is 3. The van der Waals surface area contributed by atoms with Gasteiger partial charge in [0.1, 0.15) is 12.7 Å². The summed E-state index contributed by atoms with van der Waals surface area (Å²) in [5.74, 6) is 0.994. The van der Waals surface area contributed by atoms with E-state index in [1.54, 1.807) is 11.8 Å². The molecule has 3 rings (SSSR count). The van der Waals surface area contributed by atoms with Crippen molar-refractivity contribution in [2.24, 2.45) is 7.05 Å². The summed E-state index contributed by atoms with van der Waals surface area (Å²) in [4.78, 5) is 6.70. The molecule has 1 aromatic carbocycles. The first kappa shape index (κ1) is 20.1. The van der Waals surface area contributed by atoms with E-state index in [4.69, 9.17) is 0 Å². The summed E-state index contributed by atoms with van der Waals surface area (Å²) in [6.45, 7) is 4.10. The van der Waals surface area contributed by atoms with Crippen LogP contribution in [0.5, 0.6) is 0 Å². The number of hydrogen-bond donors (Lipinski definition) is 0. The van der Waals surface area contributed by atoms with Crippen LogP contribution >= 0.6 is 11.8 Å². The summed E-state index contributed by atoms with van der Waals surface area (Å²) in [5, 5.41) is 1.04. The van der Waals surface area contributed by atoms with Crippen LogP contribution in [0.25, 0.3) is 12.2 Å². The quantitative estimate of drug-likeness (QED) is 0.332. The number of aromatic nitrogens is 3. The van der Waals surface area contributed by atoms with Gasteiger partial charge in [-0.1, -0.05) is 12.1 Å². The molecule has 0 amide bonds. The summed E-state index contributed by atoms with van der Waals surface area (Å²) in [6, 6.07) is 17.0. The van der Waals surface area contributed by atoms with Gasteiger partial charge in [0.25, 0.3) is 0 Å². The van der Waals surface area contributed by atoms with Gasteiger partial charge in [0.15, 0.2) is 6.20 Å². The number of nitrogens with zero attached hydrogens (tertiary/aromatic N) is 4. The number of anilines is 1. The van der Waals surface area contributed by atoms with Crippen LogP contribution in [0.15, 0.2) is 72.3 Å². The van der Waals surface area contributed by atoms with Crippen molar-refractivity contribution in [2.75, 3.05) is 24.2 Å². The van der Waals surface area contributed by atoms with E-state index in [-0.39, 0.29) is 0 Å². The number of pyridine rings is 1. The molecular formula is C23H28N4S+2. The Morgan fingerprint density at radius 1 is 1.04 bits per heavy atom. The summed E-state index contributed by atoms with van der Waals surface area (Å²) in [7, 11) is 4.17. The molecule has 0 saturated carbocycles. The van der Waals surface area contributed by atoms with Crippen molar-refractivity contribution in [1.29, 1.82) is 0 Å². The highest BCUT2D eigenvalue weighted by atomic mass is 32.2. The lowest BCUT2D eigenvalue weighted by Gasteiger charge is -2.18. The average molecular weight is 393 g/mol. The highest BCUT2D eigenvalue weighted by Gasteiger charge is 2.09. The molecular weight excluding hydrogens is 364 g/mol. The molecule has 0 fully saturated rings. The van der Waals surface area contributed by atoms with Crippen molar-refractivity contribution in [3.05, 3.63) is 78.4 Å². The monoisotopic (exact) mass is 392 g/mol. The molecule has 0 aliphatic rings. The van der Waals surface area contributed by atoms with E-state index in [2.05, 4.69) is 93.8 Å². The van der Waals surface area contributed by atoms with E-state index < -0.39 is 0 Å². The molecule has 144 valence electrons. The van der Waals surface area contributed by atoms with E-state index in [1.165, 1.54) is 16.9 Å². The van der Waals surface area contributed by atoms with Crippen LogP contribution in [0.4, 0.5) is 5.69 Å². The van der Waals surface area contributed by atoms with Gasteiger partial charge in [-0.25, -0.2) is 4.57 Å². The van der Waals surface area contributed by atoms with Gasteiger partial charge < -0.3 is 4.90 Å². The largest absolute Gasteiger partial charge is 0.374 e. The zero-order chi connectivity index (χ0) is 19.8. The van der Waals surface area contributed by atoms with Crippen molar-refractivity contribution >= 4 is 29.6 Å². The molecule has 2 heterocycles. The maximum absolute atomic E-state index is 4.42.